The second-order valence-electron chi connectivity index (χ2n) is 8.25. The lowest BCUT2D eigenvalue weighted by Gasteiger charge is -2.35. The first-order valence-electron chi connectivity index (χ1n) is 11.4. The van der Waals surface area contributed by atoms with Gasteiger partial charge in [-0.1, -0.05) is 30.3 Å². The number of hydrogen-bond acceptors (Lipinski definition) is 9. The maximum atomic E-state index is 13.1. The quantitative estimate of drug-likeness (QED) is 0.471. The number of nitriles is 1. The first-order chi connectivity index (χ1) is 18.3. The summed E-state index contributed by atoms with van der Waals surface area (Å²) < 4.78 is 15.4. The third kappa shape index (κ3) is 4.73. The molecule has 2 heterocycles. The molecule has 1 aromatic heterocycles. The van der Waals surface area contributed by atoms with Crippen molar-refractivity contribution in [3.05, 3.63) is 106 Å². The first kappa shape index (κ1) is 25.8. The molecule has 0 bridgehead atoms. The molecule has 1 aliphatic rings. The molecule has 0 aliphatic carbocycles. The van der Waals surface area contributed by atoms with Gasteiger partial charge in [0.1, 0.15) is 17.3 Å². The topological polar surface area (TPSA) is 148 Å². The predicted molar refractivity (Wildman–Crippen MR) is 137 cm³/mol. The van der Waals surface area contributed by atoms with Gasteiger partial charge in [-0.2, -0.15) is 5.26 Å². The van der Waals surface area contributed by atoms with Crippen molar-refractivity contribution < 1.29 is 28.3 Å². The highest BCUT2D eigenvalue weighted by molar-refractivity contribution is 6.06. The van der Waals surface area contributed by atoms with Gasteiger partial charge in [-0.25, -0.2) is 9.59 Å². The van der Waals surface area contributed by atoms with Crippen LogP contribution in [0, 0.1) is 18.3 Å². The van der Waals surface area contributed by atoms with E-state index in [0.29, 0.717) is 22.7 Å². The molecule has 3 N–H and O–H groups in total. The molecule has 1 aliphatic heterocycles. The molecule has 0 spiro atoms. The lowest BCUT2D eigenvalue weighted by molar-refractivity contribution is -0.139. The minimum atomic E-state index is -0.964. The summed E-state index contributed by atoms with van der Waals surface area (Å²) in [5.74, 6) is -2.38. The lowest BCUT2D eigenvalue weighted by Crippen LogP contribution is -2.40. The monoisotopic (exact) mass is 512 g/mol. The van der Waals surface area contributed by atoms with E-state index in [1.807, 2.05) is 0 Å². The average molecular weight is 513 g/mol. The molecule has 1 unspecified atom stereocenters. The number of methoxy groups -OCH3 is 2. The molecule has 38 heavy (non-hydrogen) atoms. The van der Waals surface area contributed by atoms with Crippen LogP contribution in [0.1, 0.15) is 27.8 Å². The minimum Gasteiger partial charge on any atom is -0.466 e. The molecule has 0 saturated heterocycles. The Hall–Kier alpha value is -5.30. The number of furan rings is 1. The van der Waals surface area contributed by atoms with E-state index in [-0.39, 0.29) is 28.4 Å². The van der Waals surface area contributed by atoms with Crippen molar-refractivity contribution in [3.8, 4) is 6.07 Å². The number of hydrogen-bond donors (Lipinski definition) is 2. The van der Waals surface area contributed by atoms with Crippen molar-refractivity contribution in [2.45, 2.75) is 12.8 Å². The van der Waals surface area contributed by atoms with Gasteiger partial charge in [0, 0.05) is 11.4 Å². The molecule has 1 amide bonds. The number of rotatable bonds is 6. The number of carbonyl (C=O) groups excluding carboxylic acids is 3. The highest BCUT2D eigenvalue weighted by Crippen LogP contribution is 2.43. The van der Waals surface area contributed by atoms with Crippen LogP contribution < -0.4 is 16.0 Å². The molecule has 0 radical (unpaired) electrons. The Bertz CT molecular complexity index is 1500. The highest BCUT2D eigenvalue weighted by atomic mass is 16.5. The predicted octanol–water partition coefficient (Wildman–Crippen LogP) is 3.74. The molecule has 10 heteroatoms. The van der Waals surface area contributed by atoms with Gasteiger partial charge in [0.25, 0.3) is 5.91 Å². The SMILES string of the molecule is COC(=O)C1=C(C(=O)OC)N(c2ccc(NC(=O)c3ccc(C)o3)cc2)C(N)=C(C#N)C1c1ccccc1. The molecule has 3 aromatic rings. The molecule has 1 atom stereocenters. The molecule has 10 nitrogen and oxygen atoms in total. The number of nitrogens with one attached hydrogen (secondary N) is 1. The zero-order valence-electron chi connectivity index (χ0n) is 20.8. The number of nitrogens with zero attached hydrogens (tertiary/aromatic N) is 2. The third-order valence-electron chi connectivity index (χ3n) is 5.96. The van der Waals surface area contributed by atoms with Crippen molar-refractivity contribution in [1.29, 1.82) is 5.26 Å². The standard InChI is InChI=1S/C28H24N4O6/c1-16-9-14-21(38-16)26(33)31-18-10-12-19(13-11-18)32-24(28(35)37-3)23(27(34)36-2)22(20(15-29)25(32)30)17-7-5-4-6-8-17/h4-14,22H,30H2,1-3H3,(H,31,33). The van der Waals surface area contributed by atoms with Gasteiger partial charge >= 0.3 is 11.9 Å². The number of benzene rings is 2. The summed E-state index contributed by atoms with van der Waals surface area (Å²) in [7, 11) is 2.36. The molecule has 4 rings (SSSR count). The fourth-order valence-corrected chi connectivity index (χ4v) is 4.22. The van der Waals surface area contributed by atoms with Gasteiger partial charge in [-0.05, 0) is 48.9 Å². The van der Waals surface area contributed by atoms with Crippen LogP contribution in [0.15, 0.2) is 93.8 Å². The van der Waals surface area contributed by atoms with Crippen LogP contribution in [0.5, 0.6) is 0 Å². The van der Waals surface area contributed by atoms with Crippen molar-refractivity contribution >= 4 is 29.2 Å². The smallest absolute Gasteiger partial charge is 0.355 e. The summed E-state index contributed by atoms with van der Waals surface area (Å²) in [6, 6.07) is 20.4. The van der Waals surface area contributed by atoms with E-state index < -0.39 is 23.8 Å². The number of anilines is 2. The number of ether oxygens (including phenoxy) is 2. The molecule has 192 valence electrons. The Labute approximate surface area is 218 Å². The van der Waals surface area contributed by atoms with Gasteiger partial charge in [0.2, 0.25) is 0 Å². The van der Waals surface area contributed by atoms with E-state index in [1.165, 1.54) is 19.1 Å². The Kier molecular flexibility index (Phi) is 7.30. The van der Waals surface area contributed by atoms with Crippen LogP contribution in [0.25, 0.3) is 0 Å². The van der Waals surface area contributed by atoms with E-state index in [9.17, 15) is 19.6 Å². The van der Waals surface area contributed by atoms with Crippen LogP contribution >= 0.6 is 0 Å². The van der Waals surface area contributed by atoms with Crippen molar-refractivity contribution in [1.82, 2.24) is 0 Å². The summed E-state index contributed by atoms with van der Waals surface area (Å²) in [4.78, 5) is 39.9. The van der Waals surface area contributed by atoms with Crippen molar-refractivity contribution in [2.24, 2.45) is 5.73 Å². The largest absolute Gasteiger partial charge is 0.466 e. The van der Waals surface area contributed by atoms with Crippen molar-refractivity contribution in [3.63, 3.8) is 0 Å². The van der Waals surface area contributed by atoms with Crippen LogP contribution in [0.2, 0.25) is 0 Å². The Morgan fingerprint density at radius 3 is 2.18 bits per heavy atom. The normalized spacial score (nSPS) is 15.1. The van der Waals surface area contributed by atoms with Gasteiger partial charge in [-0.3, -0.25) is 9.69 Å². The fourth-order valence-electron chi connectivity index (χ4n) is 4.22. The number of allylic oxidation sites excluding steroid dienone is 1. The Morgan fingerprint density at radius 1 is 0.974 bits per heavy atom. The van der Waals surface area contributed by atoms with Crippen LogP contribution in [-0.2, 0) is 19.1 Å². The molecule has 0 fully saturated rings. The van der Waals surface area contributed by atoms with Gasteiger partial charge < -0.3 is 24.9 Å². The maximum absolute atomic E-state index is 13.1. The zero-order valence-corrected chi connectivity index (χ0v) is 20.8. The van der Waals surface area contributed by atoms with Crippen LogP contribution in [-0.4, -0.2) is 32.1 Å². The fraction of sp³-hybridized carbons (Fsp3) is 0.143. The van der Waals surface area contributed by atoms with Crippen LogP contribution in [0.3, 0.4) is 0 Å². The summed E-state index contributed by atoms with van der Waals surface area (Å²) >= 11 is 0. The summed E-state index contributed by atoms with van der Waals surface area (Å²) in [5, 5.41) is 12.8. The average Bonchev–Trinajstić information content (AvgIpc) is 3.38. The second-order valence-corrected chi connectivity index (χ2v) is 8.25. The molecule has 0 saturated carbocycles. The number of aryl methyl sites for hydroxylation is 1. The van der Waals surface area contributed by atoms with E-state index in [2.05, 4.69) is 11.4 Å². The Balaban J connectivity index is 1.82. The summed E-state index contributed by atoms with van der Waals surface area (Å²) in [5.41, 5.74) is 7.60. The van der Waals surface area contributed by atoms with Gasteiger partial charge in [0.05, 0.1) is 37.4 Å². The van der Waals surface area contributed by atoms with Gasteiger partial charge in [-0.15, -0.1) is 0 Å². The highest BCUT2D eigenvalue weighted by Gasteiger charge is 2.42. The lowest BCUT2D eigenvalue weighted by atomic mass is 9.81. The van der Waals surface area contributed by atoms with E-state index in [1.54, 1.807) is 73.7 Å². The van der Waals surface area contributed by atoms with E-state index in [4.69, 9.17) is 19.6 Å². The van der Waals surface area contributed by atoms with Crippen LogP contribution in [0.4, 0.5) is 11.4 Å². The summed E-state index contributed by atoms with van der Waals surface area (Å²) in [6.45, 7) is 1.73. The third-order valence-corrected chi connectivity index (χ3v) is 5.96. The van der Waals surface area contributed by atoms with Crippen molar-refractivity contribution in [2.75, 3.05) is 24.4 Å². The number of nitrogens with two attached hydrogens (primary N) is 1. The molecular formula is C28H24N4O6. The van der Waals surface area contributed by atoms with E-state index >= 15 is 0 Å². The van der Waals surface area contributed by atoms with Gasteiger partial charge in [0.15, 0.2) is 5.76 Å². The Morgan fingerprint density at radius 2 is 1.63 bits per heavy atom. The number of amides is 1. The minimum absolute atomic E-state index is 0.0508. The first-order valence-corrected chi connectivity index (χ1v) is 11.4. The number of esters is 2. The molecular weight excluding hydrogens is 488 g/mol. The summed E-state index contributed by atoms with van der Waals surface area (Å²) in [6.07, 6.45) is 0. The number of carbonyl (C=O) groups is 3. The maximum Gasteiger partial charge on any atom is 0.355 e. The zero-order chi connectivity index (χ0) is 27.4. The second kappa shape index (κ2) is 10.8. The van der Waals surface area contributed by atoms with E-state index in [0.717, 1.165) is 0 Å². The molecule has 2 aromatic carbocycles.